The zero-order chi connectivity index (χ0) is 22.6. The lowest BCUT2D eigenvalue weighted by molar-refractivity contribution is 0.154. The summed E-state index contributed by atoms with van der Waals surface area (Å²) in [4.78, 5) is 18.7. The number of fused-ring (bicyclic) bond motifs is 1. The maximum Gasteiger partial charge on any atom is 0.340 e. The van der Waals surface area contributed by atoms with Crippen LogP contribution in [0.4, 0.5) is 10.1 Å². The van der Waals surface area contributed by atoms with Crippen LogP contribution in [-0.2, 0) is 21.5 Å². The summed E-state index contributed by atoms with van der Waals surface area (Å²) in [6, 6.07) is 9.09. The van der Waals surface area contributed by atoms with Crippen molar-refractivity contribution in [2.45, 2.75) is 13.3 Å². The van der Waals surface area contributed by atoms with E-state index in [1.807, 2.05) is 4.72 Å². The highest BCUT2D eigenvalue weighted by Gasteiger charge is 2.18. The van der Waals surface area contributed by atoms with Gasteiger partial charge in [0.25, 0.3) is 0 Å². The zero-order valence-electron chi connectivity index (χ0n) is 16.8. The Balaban J connectivity index is 1.96. The molecule has 0 fully saturated rings. The minimum atomic E-state index is -4.12. The molecule has 0 atom stereocenters. The Bertz CT molecular complexity index is 1260. The molecule has 0 saturated heterocycles. The van der Waals surface area contributed by atoms with E-state index in [0.29, 0.717) is 22.3 Å². The van der Waals surface area contributed by atoms with E-state index in [0.717, 1.165) is 7.11 Å². The maximum atomic E-state index is 14.9. The fraction of sp³-hybridized carbons (Fsp3) is 0.250. The van der Waals surface area contributed by atoms with Gasteiger partial charge in [-0.3, -0.25) is 9.56 Å². The van der Waals surface area contributed by atoms with Crippen LogP contribution in [0.5, 0.6) is 5.75 Å². The summed E-state index contributed by atoms with van der Waals surface area (Å²) in [5.74, 6) is -0.386. The molecule has 3 N–H and O–H groups in total. The summed E-state index contributed by atoms with van der Waals surface area (Å²) < 4.78 is 51.2. The Labute approximate surface area is 177 Å². The number of aliphatic hydroxyl groups excluding tert-OH is 1. The van der Waals surface area contributed by atoms with Crippen molar-refractivity contribution in [2.75, 3.05) is 25.0 Å². The van der Waals surface area contributed by atoms with Crippen LogP contribution < -0.4 is 20.0 Å². The molecule has 2 aromatic carbocycles. The van der Waals surface area contributed by atoms with Crippen molar-refractivity contribution in [2.24, 2.45) is 0 Å². The molecule has 0 aliphatic heterocycles. The van der Waals surface area contributed by atoms with Crippen LogP contribution >= 0.6 is 0 Å². The van der Waals surface area contributed by atoms with E-state index in [1.165, 1.54) is 18.2 Å². The number of ether oxygens (including phenoxy) is 1. The predicted octanol–water partition coefficient (Wildman–Crippen LogP) is 2.01. The number of benzene rings is 2. The molecule has 0 radical (unpaired) electrons. The summed E-state index contributed by atoms with van der Waals surface area (Å²) in [7, 11) is -3.02. The summed E-state index contributed by atoms with van der Waals surface area (Å²) in [6.07, 6.45) is -0.105. The van der Waals surface area contributed by atoms with Crippen molar-refractivity contribution in [3.05, 3.63) is 69.3 Å². The van der Waals surface area contributed by atoms with Gasteiger partial charge in [-0.15, -0.1) is 0 Å². The molecular weight excluding hydrogens is 431 g/mol. The van der Waals surface area contributed by atoms with Gasteiger partial charge in [-0.1, -0.05) is 17.0 Å². The lowest BCUT2D eigenvalue weighted by Gasteiger charge is -2.13. The maximum absolute atomic E-state index is 14.9. The first-order chi connectivity index (χ1) is 14.8. The van der Waals surface area contributed by atoms with E-state index in [1.54, 1.807) is 30.0 Å². The fourth-order valence-corrected chi connectivity index (χ4v) is 3.80. The second-order valence-corrected chi connectivity index (χ2v) is 7.95. The highest BCUT2D eigenvalue weighted by atomic mass is 32.2. The number of nitrogens with one attached hydrogen (secondary N) is 2. The molecule has 1 heterocycles. The molecule has 11 heteroatoms. The van der Waals surface area contributed by atoms with Gasteiger partial charge in [0.2, 0.25) is 0 Å². The van der Waals surface area contributed by atoms with Crippen molar-refractivity contribution < 1.29 is 31.9 Å². The Morgan fingerprint density at radius 1 is 1.23 bits per heavy atom. The van der Waals surface area contributed by atoms with Crippen molar-refractivity contribution in [1.29, 1.82) is 0 Å². The highest BCUT2D eigenvalue weighted by Crippen LogP contribution is 2.27. The molecule has 3 aromatic rings. The molecule has 9 nitrogen and oxygen atoms in total. The van der Waals surface area contributed by atoms with Gasteiger partial charge in [0.05, 0.1) is 19.4 Å². The Kier molecular flexibility index (Phi) is 6.91. The van der Waals surface area contributed by atoms with E-state index < -0.39 is 21.7 Å². The molecule has 0 aliphatic rings. The quantitative estimate of drug-likeness (QED) is 0.335. The molecule has 3 rings (SSSR count). The number of hydrogen-bond donors (Lipinski definition) is 3. The van der Waals surface area contributed by atoms with Crippen molar-refractivity contribution in [3.63, 3.8) is 0 Å². The molecule has 0 unspecified atom stereocenters. The normalized spacial score (nSPS) is 11.6. The minimum absolute atomic E-state index is 0.103. The van der Waals surface area contributed by atoms with Crippen LogP contribution in [0.25, 0.3) is 11.0 Å². The third kappa shape index (κ3) is 5.20. The largest absolute Gasteiger partial charge is 0.491 e. The number of hydrogen-bond acceptors (Lipinski definition) is 7. The third-order valence-electron chi connectivity index (χ3n) is 4.50. The molecule has 1 aromatic heterocycles. The van der Waals surface area contributed by atoms with Gasteiger partial charge >= 0.3 is 15.8 Å². The Hall–Kier alpha value is -2.99. The molecule has 166 valence electrons. The Morgan fingerprint density at radius 2 is 2.00 bits per heavy atom. The average Bonchev–Trinajstić information content (AvgIpc) is 2.71. The van der Waals surface area contributed by atoms with Crippen LogP contribution in [0.2, 0.25) is 0 Å². The fourth-order valence-electron chi connectivity index (χ4n) is 3.09. The van der Waals surface area contributed by atoms with Gasteiger partial charge in [-0.05, 0) is 36.2 Å². The second-order valence-electron chi connectivity index (χ2n) is 6.57. The van der Waals surface area contributed by atoms with Gasteiger partial charge in [0, 0.05) is 23.4 Å². The van der Waals surface area contributed by atoms with E-state index in [2.05, 4.69) is 4.84 Å². The van der Waals surface area contributed by atoms with E-state index in [4.69, 9.17) is 14.3 Å². The molecule has 0 amide bonds. The standard InChI is InChI=1S/C20H21FN2O7S/c1-12-15-7-6-14(29-9-8-24)11-18(15)30-20(25)16(12)10-13-4-3-5-17(19(13)21)22-31(26,27)23-28-2/h3-7,11,22-24H,8-10H2,1-2H3. The van der Waals surface area contributed by atoms with Crippen LogP contribution in [0, 0.1) is 12.7 Å². The SMILES string of the molecule is CONS(=O)(=O)Nc1cccc(Cc2c(C)c3ccc(OCCO)cc3oc2=O)c1F. The molecule has 0 saturated carbocycles. The summed E-state index contributed by atoms with van der Waals surface area (Å²) in [5.41, 5.74) is 0.313. The molecule has 0 aliphatic carbocycles. The topological polar surface area (TPSA) is 127 Å². The van der Waals surface area contributed by atoms with Gasteiger partial charge in [0.1, 0.15) is 17.9 Å². The third-order valence-corrected chi connectivity index (χ3v) is 5.38. The van der Waals surface area contributed by atoms with Crippen LogP contribution in [-0.4, -0.2) is 33.8 Å². The number of halogens is 1. The van der Waals surface area contributed by atoms with Crippen molar-refractivity contribution in [1.82, 2.24) is 4.89 Å². The molecule has 0 spiro atoms. The molecular formula is C20H21FN2O7S. The first-order valence-electron chi connectivity index (χ1n) is 9.15. The number of anilines is 1. The number of aryl methyl sites for hydroxylation is 1. The predicted molar refractivity (Wildman–Crippen MR) is 112 cm³/mol. The van der Waals surface area contributed by atoms with Crippen LogP contribution in [0.3, 0.4) is 0 Å². The van der Waals surface area contributed by atoms with Crippen molar-refractivity contribution >= 4 is 26.9 Å². The lowest BCUT2D eigenvalue weighted by Crippen LogP contribution is -2.29. The van der Waals surface area contributed by atoms with Gasteiger partial charge in [-0.2, -0.15) is 8.42 Å². The average molecular weight is 452 g/mol. The first-order valence-corrected chi connectivity index (χ1v) is 10.6. The number of rotatable bonds is 9. The monoisotopic (exact) mass is 452 g/mol. The van der Waals surface area contributed by atoms with Gasteiger partial charge < -0.3 is 14.3 Å². The summed E-state index contributed by atoms with van der Waals surface area (Å²) in [5, 5.41) is 9.51. The highest BCUT2D eigenvalue weighted by molar-refractivity contribution is 7.90. The summed E-state index contributed by atoms with van der Waals surface area (Å²) >= 11 is 0. The smallest absolute Gasteiger partial charge is 0.340 e. The Morgan fingerprint density at radius 3 is 2.71 bits per heavy atom. The summed E-state index contributed by atoms with van der Waals surface area (Å²) in [6.45, 7) is 1.67. The van der Waals surface area contributed by atoms with Gasteiger partial charge in [-0.25, -0.2) is 9.18 Å². The minimum Gasteiger partial charge on any atom is -0.491 e. The van der Waals surface area contributed by atoms with E-state index in [9.17, 15) is 17.6 Å². The van der Waals surface area contributed by atoms with E-state index in [-0.39, 0.29) is 36.4 Å². The lowest BCUT2D eigenvalue weighted by atomic mass is 9.99. The van der Waals surface area contributed by atoms with Crippen molar-refractivity contribution in [3.8, 4) is 5.75 Å². The van der Waals surface area contributed by atoms with Gasteiger partial charge in [0.15, 0.2) is 5.82 Å². The van der Waals surface area contributed by atoms with E-state index >= 15 is 0 Å². The number of aliphatic hydroxyl groups is 1. The molecule has 0 bridgehead atoms. The second kappa shape index (κ2) is 9.43. The van der Waals surface area contributed by atoms with Crippen LogP contribution in [0.15, 0.2) is 45.6 Å². The van der Waals surface area contributed by atoms with Crippen LogP contribution in [0.1, 0.15) is 16.7 Å². The first kappa shape index (κ1) is 22.7. The molecule has 31 heavy (non-hydrogen) atoms. The zero-order valence-corrected chi connectivity index (χ0v) is 17.6.